The Morgan fingerprint density at radius 3 is 2.46 bits per heavy atom. The second kappa shape index (κ2) is 7.76. The molecule has 3 amide bonds. The number of nitrogens with one attached hydrogen (secondary N) is 1. The van der Waals surface area contributed by atoms with E-state index in [0.717, 1.165) is 31.2 Å². The van der Waals surface area contributed by atoms with E-state index in [0.29, 0.717) is 25.7 Å². The Hall–Kier alpha value is -2.57. The van der Waals surface area contributed by atoms with Gasteiger partial charge in [0.1, 0.15) is 0 Å². The van der Waals surface area contributed by atoms with E-state index in [1.807, 2.05) is 9.80 Å². The van der Waals surface area contributed by atoms with Crippen LogP contribution in [0.4, 0.5) is 4.79 Å². The number of aromatic carboxylic acids is 1. The first kappa shape index (κ1) is 18.2. The van der Waals surface area contributed by atoms with Crippen molar-refractivity contribution in [3.63, 3.8) is 0 Å². The summed E-state index contributed by atoms with van der Waals surface area (Å²) in [5, 5.41) is 11.8. The molecule has 1 saturated carbocycles. The number of benzene rings is 1. The molecular formula is C19H25N3O4. The third-order valence-electron chi connectivity index (χ3n) is 5.08. The fraction of sp³-hybridized carbons (Fsp3) is 0.526. The molecule has 1 heterocycles. The zero-order valence-electron chi connectivity index (χ0n) is 15.0. The molecule has 0 spiro atoms. The Kier molecular flexibility index (Phi) is 5.44. The van der Waals surface area contributed by atoms with Crippen molar-refractivity contribution in [2.75, 3.05) is 13.1 Å². The lowest BCUT2D eigenvalue weighted by Gasteiger charge is -2.30. The number of urea groups is 1. The maximum atomic E-state index is 12.6. The molecule has 1 aliphatic heterocycles. The van der Waals surface area contributed by atoms with Crippen LogP contribution in [0.2, 0.25) is 0 Å². The fourth-order valence-corrected chi connectivity index (χ4v) is 3.49. The van der Waals surface area contributed by atoms with Gasteiger partial charge in [-0.15, -0.1) is 0 Å². The van der Waals surface area contributed by atoms with Crippen LogP contribution in [-0.2, 0) is 11.3 Å². The van der Waals surface area contributed by atoms with Crippen LogP contribution in [-0.4, -0.2) is 58.0 Å². The van der Waals surface area contributed by atoms with E-state index in [1.54, 1.807) is 19.1 Å². The van der Waals surface area contributed by atoms with E-state index in [4.69, 9.17) is 5.11 Å². The van der Waals surface area contributed by atoms with Gasteiger partial charge in [0.05, 0.1) is 11.6 Å². The highest BCUT2D eigenvalue weighted by Gasteiger charge is 2.36. The lowest BCUT2D eigenvalue weighted by Crippen LogP contribution is -2.48. The molecule has 1 aromatic carbocycles. The van der Waals surface area contributed by atoms with Gasteiger partial charge in [-0.25, -0.2) is 9.59 Å². The maximum absolute atomic E-state index is 12.6. The van der Waals surface area contributed by atoms with Crippen LogP contribution in [0.25, 0.3) is 0 Å². The van der Waals surface area contributed by atoms with E-state index in [9.17, 15) is 14.4 Å². The summed E-state index contributed by atoms with van der Waals surface area (Å²) in [5.74, 6) is -0.885. The normalized spacial score (nSPS) is 19.3. The lowest BCUT2D eigenvalue weighted by molar-refractivity contribution is -0.130. The first-order valence-corrected chi connectivity index (χ1v) is 9.09. The van der Waals surface area contributed by atoms with Crippen LogP contribution in [0.1, 0.15) is 48.5 Å². The van der Waals surface area contributed by atoms with Gasteiger partial charge in [0.15, 0.2) is 0 Å². The van der Waals surface area contributed by atoms with Crippen LogP contribution >= 0.6 is 0 Å². The van der Waals surface area contributed by atoms with Gasteiger partial charge in [-0.05, 0) is 43.4 Å². The van der Waals surface area contributed by atoms with E-state index in [1.165, 1.54) is 12.1 Å². The monoisotopic (exact) mass is 359 g/mol. The number of carbonyl (C=O) groups is 3. The third-order valence-corrected chi connectivity index (χ3v) is 5.08. The second-order valence-corrected chi connectivity index (χ2v) is 7.05. The quantitative estimate of drug-likeness (QED) is 0.814. The number of likely N-dealkylation sites (tertiary alicyclic amines) is 1. The molecule has 2 N–H and O–H groups in total. The first-order chi connectivity index (χ1) is 12.5. The Labute approximate surface area is 153 Å². The Balaban J connectivity index is 1.54. The number of hydrogen-bond acceptors (Lipinski definition) is 3. The number of nitrogens with zero attached hydrogens (tertiary/aromatic N) is 2. The largest absolute Gasteiger partial charge is 0.478 e. The maximum Gasteiger partial charge on any atom is 0.335 e. The number of rotatable bonds is 6. The second-order valence-electron chi connectivity index (χ2n) is 7.05. The summed E-state index contributed by atoms with van der Waals surface area (Å²) in [6.07, 6.45) is 3.98. The minimum absolute atomic E-state index is 0.0638. The summed E-state index contributed by atoms with van der Waals surface area (Å²) < 4.78 is 0. The molecule has 26 heavy (non-hydrogen) atoms. The molecule has 3 rings (SSSR count). The van der Waals surface area contributed by atoms with Crippen molar-refractivity contribution < 1.29 is 19.5 Å². The van der Waals surface area contributed by atoms with Crippen LogP contribution < -0.4 is 5.32 Å². The highest BCUT2D eigenvalue weighted by atomic mass is 16.4. The molecule has 0 aromatic heterocycles. The topological polar surface area (TPSA) is 90.0 Å². The van der Waals surface area contributed by atoms with Gasteiger partial charge in [0.25, 0.3) is 0 Å². The van der Waals surface area contributed by atoms with Gasteiger partial charge in [0.2, 0.25) is 5.91 Å². The predicted octanol–water partition coefficient (Wildman–Crippen LogP) is 2.07. The van der Waals surface area contributed by atoms with Gasteiger partial charge < -0.3 is 20.2 Å². The van der Waals surface area contributed by atoms with Crippen molar-refractivity contribution in [3.8, 4) is 0 Å². The molecule has 7 nitrogen and oxygen atoms in total. The third kappa shape index (κ3) is 4.33. The van der Waals surface area contributed by atoms with Crippen molar-refractivity contribution in [2.24, 2.45) is 0 Å². The molecule has 1 atom stereocenters. The Morgan fingerprint density at radius 2 is 1.88 bits per heavy atom. The minimum atomic E-state index is -0.966. The standard InChI is InChI=1S/C19H25N3O4/c1-13(23)22(16-8-9-16)12-17-3-2-10-21(17)19(26)20-11-14-4-6-15(7-5-14)18(24)25/h4-7,16-17H,2-3,8-12H2,1H3,(H,20,26)(H,24,25). The van der Waals surface area contributed by atoms with E-state index in [2.05, 4.69) is 5.32 Å². The number of amides is 3. The Bertz CT molecular complexity index is 685. The highest BCUT2D eigenvalue weighted by molar-refractivity contribution is 5.87. The molecule has 0 bridgehead atoms. The molecule has 1 aromatic rings. The highest BCUT2D eigenvalue weighted by Crippen LogP contribution is 2.29. The van der Waals surface area contributed by atoms with Crippen LogP contribution in [0.3, 0.4) is 0 Å². The SMILES string of the molecule is CC(=O)N(CC1CCCN1C(=O)NCc1ccc(C(=O)O)cc1)C1CC1. The molecule has 2 aliphatic rings. The molecule has 1 aliphatic carbocycles. The van der Waals surface area contributed by atoms with Crippen LogP contribution in [0.5, 0.6) is 0 Å². The molecular weight excluding hydrogens is 334 g/mol. The van der Waals surface area contributed by atoms with E-state index >= 15 is 0 Å². The number of carboxylic acids is 1. The average Bonchev–Trinajstić information content (AvgIpc) is 3.35. The van der Waals surface area contributed by atoms with E-state index < -0.39 is 5.97 Å². The number of carbonyl (C=O) groups excluding carboxylic acids is 2. The molecule has 7 heteroatoms. The summed E-state index contributed by atoms with van der Waals surface area (Å²) in [6, 6.07) is 6.76. The smallest absolute Gasteiger partial charge is 0.335 e. The Morgan fingerprint density at radius 1 is 1.19 bits per heavy atom. The van der Waals surface area contributed by atoms with Gasteiger partial charge in [-0.1, -0.05) is 12.1 Å². The number of hydrogen-bond donors (Lipinski definition) is 2. The summed E-state index contributed by atoms with van der Waals surface area (Å²) in [7, 11) is 0. The first-order valence-electron chi connectivity index (χ1n) is 9.09. The molecule has 1 saturated heterocycles. The van der Waals surface area contributed by atoms with Gasteiger partial charge in [-0.2, -0.15) is 0 Å². The average molecular weight is 359 g/mol. The molecule has 140 valence electrons. The van der Waals surface area contributed by atoms with Gasteiger partial charge in [0, 0.05) is 32.6 Å². The van der Waals surface area contributed by atoms with Crippen molar-refractivity contribution in [2.45, 2.75) is 51.2 Å². The summed E-state index contributed by atoms with van der Waals surface area (Å²) in [5.41, 5.74) is 1.08. The fourth-order valence-electron chi connectivity index (χ4n) is 3.49. The van der Waals surface area contributed by atoms with Crippen molar-refractivity contribution in [1.82, 2.24) is 15.1 Å². The van der Waals surface area contributed by atoms with Gasteiger partial charge >= 0.3 is 12.0 Å². The van der Waals surface area contributed by atoms with Crippen molar-refractivity contribution in [1.29, 1.82) is 0 Å². The predicted molar refractivity (Wildman–Crippen MR) is 95.8 cm³/mol. The number of carboxylic acid groups (broad SMARTS) is 1. The zero-order valence-corrected chi connectivity index (χ0v) is 15.0. The molecule has 0 radical (unpaired) electrons. The van der Waals surface area contributed by atoms with Crippen molar-refractivity contribution >= 4 is 17.9 Å². The van der Waals surface area contributed by atoms with Crippen LogP contribution in [0, 0.1) is 0 Å². The minimum Gasteiger partial charge on any atom is -0.478 e. The summed E-state index contributed by atoms with van der Waals surface area (Å²) >= 11 is 0. The summed E-state index contributed by atoms with van der Waals surface area (Å²) in [4.78, 5) is 39.0. The molecule has 1 unspecified atom stereocenters. The van der Waals surface area contributed by atoms with Crippen LogP contribution in [0.15, 0.2) is 24.3 Å². The van der Waals surface area contributed by atoms with Crippen molar-refractivity contribution in [3.05, 3.63) is 35.4 Å². The molecule has 2 fully saturated rings. The zero-order chi connectivity index (χ0) is 18.7. The van der Waals surface area contributed by atoms with Gasteiger partial charge in [-0.3, -0.25) is 4.79 Å². The lowest BCUT2D eigenvalue weighted by atomic mass is 10.1. The summed E-state index contributed by atoms with van der Waals surface area (Å²) in [6.45, 7) is 3.26. The van der Waals surface area contributed by atoms with E-state index in [-0.39, 0.29) is 23.5 Å².